The summed E-state index contributed by atoms with van der Waals surface area (Å²) in [6.07, 6.45) is -5.25. The fourth-order valence-corrected chi connectivity index (χ4v) is 5.23. The number of nitrogens with zero attached hydrogens (tertiary/aromatic N) is 1. The second-order valence-corrected chi connectivity index (χ2v) is 10.6. The van der Waals surface area contributed by atoms with Crippen LogP contribution in [0.25, 0.3) is 0 Å². The lowest BCUT2D eigenvalue weighted by Crippen LogP contribution is -2.60. The van der Waals surface area contributed by atoms with Gasteiger partial charge in [-0.15, -0.1) is 0 Å². The molecule has 2 aromatic rings. The number of hydrogen-bond donors (Lipinski definition) is 9. The van der Waals surface area contributed by atoms with Gasteiger partial charge in [0.15, 0.2) is 0 Å². The highest BCUT2D eigenvalue weighted by Gasteiger charge is 2.45. The third-order valence-corrected chi connectivity index (χ3v) is 7.64. The van der Waals surface area contributed by atoms with E-state index in [1.54, 1.807) is 47.4 Å². The number of nitrogens with two attached hydrogens (primary N) is 1. The molecule has 10 N–H and O–H groups in total. The van der Waals surface area contributed by atoms with Crippen LogP contribution in [-0.2, 0) is 14.3 Å². The summed E-state index contributed by atoms with van der Waals surface area (Å²) in [6, 6.07) is 11.4. The largest absolute Gasteiger partial charge is 0.462 e. The van der Waals surface area contributed by atoms with Crippen LogP contribution >= 0.6 is 0 Å². The van der Waals surface area contributed by atoms with Crippen LogP contribution < -0.4 is 21.1 Å². The van der Waals surface area contributed by atoms with Gasteiger partial charge in [-0.1, -0.05) is 30.3 Å². The number of carbonyl (C=O) groups is 2. The first-order valence-electron chi connectivity index (χ1n) is 14.1. The van der Waals surface area contributed by atoms with E-state index in [1.807, 2.05) is 0 Å². The van der Waals surface area contributed by atoms with E-state index in [1.165, 1.54) is 6.07 Å². The molecule has 7 unspecified atom stereocenters. The summed E-state index contributed by atoms with van der Waals surface area (Å²) < 4.78 is 11.4. The lowest BCUT2D eigenvalue weighted by atomic mass is 9.99. The maximum Gasteiger partial charge on any atom is 0.247 e. The van der Waals surface area contributed by atoms with Crippen molar-refractivity contribution in [3.05, 3.63) is 59.7 Å². The summed E-state index contributed by atoms with van der Waals surface area (Å²) in [4.78, 5) is 28.3. The molecule has 0 aromatic heterocycles. The molecule has 0 saturated carbocycles. The Hall–Kier alpha value is -3.79. The maximum atomic E-state index is 13.7. The van der Waals surface area contributed by atoms with E-state index >= 15 is 0 Å². The third-order valence-electron chi connectivity index (χ3n) is 7.64. The number of rotatable bonds is 11. The number of ether oxygens (including phenoxy) is 2. The summed E-state index contributed by atoms with van der Waals surface area (Å²) in [7, 11) is 0. The Kier molecular flexibility index (Phi) is 10.9. The van der Waals surface area contributed by atoms with Gasteiger partial charge in [0.25, 0.3) is 0 Å². The highest BCUT2D eigenvalue weighted by atomic mass is 16.7. The topological polar surface area (TPSA) is 231 Å². The number of piperidine rings is 1. The minimum atomic E-state index is -1.68. The van der Waals surface area contributed by atoms with Gasteiger partial charge in [0.05, 0.1) is 25.8 Å². The van der Waals surface area contributed by atoms with Crippen molar-refractivity contribution in [1.29, 1.82) is 5.41 Å². The average Bonchev–Trinajstić information content (AvgIpc) is 3.03. The summed E-state index contributed by atoms with van der Waals surface area (Å²) in [6.45, 7) is -0.654. The Morgan fingerprint density at radius 3 is 2.53 bits per heavy atom. The standard InChI is InChI=1S/C29H39N5O9/c30-27(31)16-6-5-7-17(12-16)33-23(28(41)32-13-22(37)34-11-4-3-8-18(34)14-35)19-9-1-2-10-20(19)42-29-26(40)25(39)24(38)21(15-36)43-29/h1-2,5-7,9-10,12,18,21,23-26,29,33,35-36,38-40H,3-4,8,11,13-15H2,(H3,30,31)(H,32,41). The molecule has 2 saturated heterocycles. The molecule has 2 amide bonds. The number of nitrogens with one attached hydrogen (secondary N) is 3. The van der Waals surface area contributed by atoms with E-state index in [9.17, 15) is 35.1 Å². The lowest BCUT2D eigenvalue weighted by Gasteiger charge is -2.40. The molecular weight excluding hydrogens is 562 g/mol. The van der Waals surface area contributed by atoms with Crippen LogP contribution in [0.3, 0.4) is 0 Å². The molecule has 2 aliphatic rings. The van der Waals surface area contributed by atoms with E-state index in [2.05, 4.69) is 10.6 Å². The highest BCUT2D eigenvalue weighted by molar-refractivity contribution is 5.96. The zero-order chi connectivity index (χ0) is 31.1. The first-order valence-corrected chi connectivity index (χ1v) is 14.1. The van der Waals surface area contributed by atoms with Gasteiger partial charge in [-0.3, -0.25) is 15.0 Å². The zero-order valence-corrected chi connectivity index (χ0v) is 23.5. The van der Waals surface area contributed by atoms with Crippen molar-refractivity contribution < 1.29 is 44.6 Å². The SMILES string of the molecule is N=C(N)c1cccc(NC(C(=O)NCC(=O)N2CCCCC2CO)c2ccccc2OC2OC(CO)C(O)C(O)C2O)c1. The molecule has 14 heteroatoms. The van der Waals surface area contributed by atoms with Crippen LogP contribution in [0.1, 0.15) is 36.4 Å². The second-order valence-electron chi connectivity index (χ2n) is 10.6. The van der Waals surface area contributed by atoms with E-state index in [0.717, 1.165) is 12.8 Å². The monoisotopic (exact) mass is 601 g/mol. The second kappa shape index (κ2) is 14.6. The first-order chi connectivity index (χ1) is 20.6. The molecule has 2 fully saturated rings. The molecule has 4 rings (SSSR count). The van der Waals surface area contributed by atoms with Crippen molar-refractivity contribution in [2.24, 2.45) is 5.73 Å². The number of nitrogen functional groups attached to an aromatic ring is 1. The van der Waals surface area contributed by atoms with Crippen molar-refractivity contribution in [3.8, 4) is 5.75 Å². The van der Waals surface area contributed by atoms with Crippen molar-refractivity contribution in [3.63, 3.8) is 0 Å². The Morgan fingerprint density at radius 1 is 1.05 bits per heavy atom. The molecule has 234 valence electrons. The molecule has 0 radical (unpaired) electrons. The van der Waals surface area contributed by atoms with Gasteiger partial charge in [0, 0.05) is 23.4 Å². The van der Waals surface area contributed by atoms with E-state index in [0.29, 0.717) is 24.2 Å². The van der Waals surface area contributed by atoms with E-state index in [-0.39, 0.29) is 42.2 Å². The fourth-order valence-electron chi connectivity index (χ4n) is 5.23. The first kappa shape index (κ1) is 32.1. The summed E-state index contributed by atoms with van der Waals surface area (Å²) in [5.41, 5.74) is 6.75. The third kappa shape index (κ3) is 7.60. The molecular formula is C29H39N5O9. The Labute approximate surface area is 248 Å². The minimum Gasteiger partial charge on any atom is -0.462 e. The normalized spacial score (nSPS) is 26.3. The summed E-state index contributed by atoms with van der Waals surface area (Å²) >= 11 is 0. The number of benzene rings is 2. The van der Waals surface area contributed by atoms with Crippen molar-refractivity contribution in [2.45, 2.75) is 62.1 Å². The van der Waals surface area contributed by atoms with E-state index in [4.69, 9.17) is 20.6 Å². The Bertz CT molecular complexity index is 1280. The van der Waals surface area contributed by atoms with Gasteiger partial charge in [0.1, 0.15) is 42.0 Å². The molecule has 0 spiro atoms. The van der Waals surface area contributed by atoms with E-state index < -0.39 is 49.3 Å². The number of aliphatic hydroxyl groups is 5. The smallest absolute Gasteiger partial charge is 0.247 e. The number of likely N-dealkylation sites (tertiary alicyclic amines) is 1. The number of amides is 2. The summed E-state index contributed by atoms with van der Waals surface area (Å²) in [5.74, 6) is -1.05. The predicted molar refractivity (Wildman–Crippen MR) is 154 cm³/mol. The number of carbonyl (C=O) groups excluding carboxylic acids is 2. The molecule has 43 heavy (non-hydrogen) atoms. The number of para-hydroxylation sites is 1. The lowest BCUT2D eigenvalue weighted by molar-refractivity contribution is -0.277. The van der Waals surface area contributed by atoms with Crippen LogP contribution in [0.2, 0.25) is 0 Å². The van der Waals surface area contributed by atoms with Crippen LogP contribution in [0, 0.1) is 5.41 Å². The molecule has 2 aliphatic heterocycles. The molecule has 0 aliphatic carbocycles. The fraction of sp³-hybridized carbons (Fsp3) is 0.483. The quantitative estimate of drug-likeness (QED) is 0.110. The van der Waals surface area contributed by atoms with Gasteiger partial charge in [-0.25, -0.2) is 0 Å². The molecule has 0 bridgehead atoms. The Balaban J connectivity index is 1.61. The van der Waals surface area contributed by atoms with Crippen LogP contribution in [-0.4, -0.2) is 111 Å². The van der Waals surface area contributed by atoms with Gasteiger partial charge in [0.2, 0.25) is 18.1 Å². The molecule has 2 heterocycles. The average molecular weight is 602 g/mol. The van der Waals surface area contributed by atoms with Gasteiger partial charge in [-0.2, -0.15) is 0 Å². The number of hydrogen-bond acceptors (Lipinski definition) is 11. The van der Waals surface area contributed by atoms with Gasteiger partial charge < -0.3 is 56.3 Å². The molecule has 2 aromatic carbocycles. The zero-order valence-electron chi connectivity index (χ0n) is 23.5. The highest BCUT2D eigenvalue weighted by Crippen LogP contribution is 2.32. The maximum absolute atomic E-state index is 13.7. The van der Waals surface area contributed by atoms with Gasteiger partial charge in [-0.05, 0) is 37.5 Å². The van der Waals surface area contributed by atoms with Crippen LogP contribution in [0.5, 0.6) is 5.75 Å². The van der Waals surface area contributed by atoms with Crippen molar-refractivity contribution >= 4 is 23.3 Å². The predicted octanol–water partition coefficient (Wildman–Crippen LogP) is -1.21. The molecule has 7 atom stereocenters. The molecule has 14 nitrogen and oxygen atoms in total. The van der Waals surface area contributed by atoms with Gasteiger partial charge >= 0.3 is 0 Å². The Morgan fingerprint density at radius 2 is 1.81 bits per heavy atom. The van der Waals surface area contributed by atoms with Crippen LogP contribution in [0.4, 0.5) is 5.69 Å². The number of aliphatic hydroxyl groups excluding tert-OH is 5. The van der Waals surface area contributed by atoms with Crippen molar-refractivity contribution in [2.75, 3.05) is 31.6 Å². The number of amidine groups is 1. The van der Waals surface area contributed by atoms with Crippen molar-refractivity contribution in [1.82, 2.24) is 10.2 Å². The summed E-state index contributed by atoms with van der Waals surface area (Å²) in [5, 5.41) is 63.6. The minimum absolute atomic E-state index is 0.0740. The van der Waals surface area contributed by atoms with Crippen LogP contribution in [0.15, 0.2) is 48.5 Å². The number of anilines is 1.